The number of benzene rings is 9. The second kappa shape index (κ2) is 13.0. The topological polar surface area (TPSA) is 12.9 Å². The molecule has 0 radical (unpaired) electrons. The predicted molar refractivity (Wildman–Crippen MR) is 231 cm³/mol. The van der Waals surface area contributed by atoms with E-state index < -0.39 is 0 Å². The Kier molecular flexibility index (Phi) is 7.66. The van der Waals surface area contributed by atoms with Crippen molar-refractivity contribution in [3.8, 4) is 55.8 Å². The van der Waals surface area contributed by atoms with Gasteiger partial charge in [0.25, 0.3) is 0 Å². The van der Waals surface area contributed by atoms with E-state index in [0.29, 0.717) is 0 Å². The second-order valence-electron chi connectivity index (χ2n) is 14.4. The molecule has 0 amide bonds. The Morgan fingerprint density at radius 3 is 1.46 bits per heavy atom. The van der Waals surface area contributed by atoms with E-state index in [4.69, 9.17) is 4.98 Å². The van der Waals surface area contributed by atoms with Crippen LogP contribution in [-0.2, 0) is 0 Å². The number of aromatic nitrogens is 1. The average Bonchev–Trinajstić information content (AvgIpc) is 3.23. The summed E-state index contributed by atoms with van der Waals surface area (Å²) in [7, 11) is 0. The van der Waals surface area contributed by atoms with Gasteiger partial charge in [0.05, 0.1) is 5.69 Å². The number of hydrogen-bond donors (Lipinski definition) is 0. The SMILES string of the molecule is Cc1cccc(C)c1-c1ccc(-c2c3ccccc3c(-c3cccc(-c4ccc(-c5ccc6ccccc6c5)nc4)c3)c3ccccc23)c2ccccc12. The molecule has 0 aliphatic rings. The largest absolute Gasteiger partial charge is 0.256 e. The molecule has 0 saturated heterocycles. The fourth-order valence-electron chi connectivity index (χ4n) is 8.64. The molecule has 254 valence electrons. The maximum Gasteiger partial charge on any atom is 0.0702 e. The molecule has 0 spiro atoms. The van der Waals surface area contributed by atoms with Crippen molar-refractivity contribution >= 4 is 43.1 Å². The molecule has 0 atom stereocenters. The van der Waals surface area contributed by atoms with E-state index in [2.05, 4.69) is 196 Å². The lowest BCUT2D eigenvalue weighted by Gasteiger charge is -2.20. The van der Waals surface area contributed by atoms with Crippen LogP contribution in [0.2, 0.25) is 0 Å². The third-order valence-electron chi connectivity index (χ3n) is 11.2. The molecule has 0 bridgehead atoms. The van der Waals surface area contributed by atoms with Gasteiger partial charge >= 0.3 is 0 Å². The minimum Gasteiger partial charge on any atom is -0.256 e. The highest BCUT2D eigenvalue weighted by molar-refractivity contribution is 6.24. The standard InChI is InChI=1S/C53H37N/c1-34-13-11-14-35(2)51(34)48-28-29-49(43-20-6-5-19-42(43)48)53-46-23-9-7-21-44(46)52(45-22-8-10-24-47(45)53)40-18-12-17-38(32-40)41-27-30-50(54-33-41)39-26-25-36-15-3-4-16-37(36)31-39/h3-33H,1-2H3. The van der Waals surface area contributed by atoms with Crippen LogP contribution in [0.4, 0.5) is 0 Å². The number of pyridine rings is 1. The highest BCUT2D eigenvalue weighted by Gasteiger charge is 2.20. The van der Waals surface area contributed by atoms with Crippen LogP contribution in [0.25, 0.3) is 98.9 Å². The van der Waals surface area contributed by atoms with Crippen molar-refractivity contribution in [3.05, 3.63) is 199 Å². The maximum atomic E-state index is 4.94. The molecule has 9 aromatic carbocycles. The summed E-state index contributed by atoms with van der Waals surface area (Å²) >= 11 is 0. The Morgan fingerprint density at radius 2 is 0.833 bits per heavy atom. The van der Waals surface area contributed by atoms with Crippen LogP contribution in [0.3, 0.4) is 0 Å². The van der Waals surface area contributed by atoms with Gasteiger partial charge in [-0.15, -0.1) is 0 Å². The van der Waals surface area contributed by atoms with E-state index >= 15 is 0 Å². The molecule has 0 N–H and O–H groups in total. The first-order valence-corrected chi connectivity index (χ1v) is 18.7. The van der Waals surface area contributed by atoms with Gasteiger partial charge in [0, 0.05) is 17.3 Å². The van der Waals surface area contributed by atoms with E-state index in [-0.39, 0.29) is 0 Å². The zero-order valence-electron chi connectivity index (χ0n) is 30.3. The van der Waals surface area contributed by atoms with Crippen LogP contribution in [0.1, 0.15) is 11.1 Å². The lowest BCUT2D eigenvalue weighted by molar-refractivity contribution is 1.33. The molecule has 10 rings (SSSR count). The molecular weight excluding hydrogens is 651 g/mol. The van der Waals surface area contributed by atoms with Gasteiger partial charge in [-0.25, -0.2) is 0 Å². The first kappa shape index (κ1) is 31.9. The molecule has 1 nitrogen and oxygen atoms in total. The number of nitrogens with zero attached hydrogens (tertiary/aromatic N) is 1. The molecule has 1 heterocycles. The Morgan fingerprint density at radius 1 is 0.315 bits per heavy atom. The molecule has 1 heteroatoms. The van der Waals surface area contributed by atoms with Gasteiger partial charge in [-0.2, -0.15) is 0 Å². The summed E-state index contributed by atoms with van der Waals surface area (Å²) in [5.41, 5.74) is 14.5. The molecule has 10 aromatic rings. The lowest BCUT2D eigenvalue weighted by Crippen LogP contribution is -1.94. The quantitative estimate of drug-likeness (QED) is 0.164. The van der Waals surface area contributed by atoms with Crippen molar-refractivity contribution in [3.63, 3.8) is 0 Å². The third kappa shape index (κ3) is 5.28. The van der Waals surface area contributed by atoms with Gasteiger partial charge in [0.15, 0.2) is 0 Å². The molecule has 0 fully saturated rings. The molecule has 1 aromatic heterocycles. The van der Waals surface area contributed by atoms with Crippen molar-refractivity contribution in [2.24, 2.45) is 0 Å². The van der Waals surface area contributed by atoms with Crippen molar-refractivity contribution in [2.45, 2.75) is 13.8 Å². The van der Waals surface area contributed by atoms with Gasteiger partial charge in [-0.1, -0.05) is 164 Å². The van der Waals surface area contributed by atoms with Gasteiger partial charge in [0.1, 0.15) is 0 Å². The zero-order valence-corrected chi connectivity index (χ0v) is 30.3. The molecular formula is C53H37N. The van der Waals surface area contributed by atoms with Crippen molar-refractivity contribution in [2.75, 3.05) is 0 Å². The predicted octanol–water partition coefficient (Wildman–Crippen LogP) is 14.6. The first-order chi connectivity index (χ1) is 26.6. The number of fused-ring (bicyclic) bond motifs is 4. The summed E-state index contributed by atoms with van der Waals surface area (Å²) in [4.78, 5) is 4.94. The summed E-state index contributed by atoms with van der Waals surface area (Å²) in [5.74, 6) is 0. The molecule has 0 aliphatic carbocycles. The summed E-state index contributed by atoms with van der Waals surface area (Å²) in [5, 5.41) is 10.0. The highest BCUT2D eigenvalue weighted by Crippen LogP contribution is 2.47. The van der Waals surface area contributed by atoms with Crippen LogP contribution in [0.15, 0.2) is 188 Å². The fourth-order valence-corrected chi connectivity index (χ4v) is 8.64. The van der Waals surface area contributed by atoms with Crippen LogP contribution in [0, 0.1) is 13.8 Å². The number of aryl methyl sites for hydroxylation is 2. The Labute approximate surface area is 315 Å². The average molecular weight is 688 g/mol. The number of rotatable bonds is 5. The van der Waals surface area contributed by atoms with E-state index in [0.717, 1.165) is 22.4 Å². The van der Waals surface area contributed by atoms with Crippen LogP contribution in [-0.4, -0.2) is 4.98 Å². The van der Waals surface area contributed by atoms with E-state index in [1.54, 1.807) is 0 Å². The van der Waals surface area contributed by atoms with Crippen molar-refractivity contribution in [1.29, 1.82) is 0 Å². The minimum absolute atomic E-state index is 0.975. The molecule has 0 aliphatic heterocycles. The Bertz CT molecular complexity index is 2980. The molecule has 0 saturated carbocycles. The first-order valence-electron chi connectivity index (χ1n) is 18.7. The second-order valence-corrected chi connectivity index (χ2v) is 14.4. The van der Waals surface area contributed by atoms with Gasteiger partial charge in [0.2, 0.25) is 0 Å². The molecule has 54 heavy (non-hydrogen) atoms. The summed E-state index contributed by atoms with van der Waals surface area (Å²) in [6.45, 7) is 4.44. The van der Waals surface area contributed by atoms with Gasteiger partial charge in [-0.05, 0) is 125 Å². The normalized spacial score (nSPS) is 11.5. The van der Waals surface area contributed by atoms with Crippen LogP contribution in [0.5, 0.6) is 0 Å². The molecule has 0 unspecified atom stereocenters. The van der Waals surface area contributed by atoms with Crippen molar-refractivity contribution in [1.82, 2.24) is 4.98 Å². The van der Waals surface area contributed by atoms with Gasteiger partial charge in [-0.3, -0.25) is 4.98 Å². The summed E-state index contributed by atoms with van der Waals surface area (Å²) < 4.78 is 0. The van der Waals surface area contributed by atoms with Crippen molar-refractivity contribution < 1.29 is 0 Å². The maximum absolute atomic E-state index is 4.94. The van der Waals surface area contributed by atoms with Gasteiger partial charge < -0.3 is 0 Å². The van der Waals surface area contributed by atoms with Crippen LogP contribution >= 0.6 is 0 Å². The number of hydrogen-bond acceptors (Lipinski definition) is 1. The third-order valence-corrected chi connectivity index (χ3v) is 11.2. The van der Waals surface area contributed by atoms with E-state index in [1.165, 1.54) is 87.6 Å². The zero-order chi connectivity index (χ0) is 36.2. The monoisotopic (exact) mass is 687 g/mol. The lowest BCUT2D eigenvalue weighted by atomic mass is 9.83. The highest BCUT2D eigenvalue weighted by atomic mass is 14.7. The fraction of sp³-hybridized carbons (Fsp3) is 0.0377. The van der Waals surface area contributed by atoms with Crippen LogP contribution < -0.4 is 0 Å². The van der Waals surface area contributed by atoms with E-state index in [1.807, 2.05) is 6.20 Å². The smallest absolute Gasteiger partial charge is 0.0702 e. The Hall–Kier alpha value is -6.83. The van der Waals surface area contributed by atoms with E-state index in [9.17, 15) is 0 Å². The Balaban J connectivity index is 1.13. The summed E-state index contributed by atoms with van der Waals surface area (Å²) in [6, 6.07) is 66.4. The minimum atomic E-state index is 0.975. The summed E-state index contributed by atoms with van der Waals surface area (Å²) in [6.07, 6.45) is 2.01.